The van der Waals surface area contributed by atoms with Crippen molar-refractivity contribution >= 4 is 10.8 Å². The first kappa shape index (κ1) is 15.6. The molecule has 3 rings (SSSR count). The molecule has 1 heterocycles. The van der Waals surface area contributed by atoms with E-state index in [2.05, 4.69) is 39.8 Å². The molecular weight excluding hydrogens is 306 g/mol. The van der Waals surface area contributed by atoms with Crippen molar-refractivity contribution in [1.82, 2.24) is 15.5 Å². The van der Waals surface area contributed by atoms with Gasteiger partial charge in [0.15, 0.2) is 0 Å². The van der Waals surface area contributed by atoms with E-state index in [-0.39, 0.29) is 0 Å². The Kier molecular flexibility index (Phi) is 5.00. The Bertz CT molecular complexity index is 765. The number of H-pyrrole nitrogens is 1. The van der Waals surface area contributed by atoms with Gasteiger partial charge in [-0.1, -0.05) is 36.4 Å². The van der Waals surface area contributed by atoms with Gasteiger partial charge in [-0.3, -0.25) is 9.31 Å². The third kappa shape index (κ3) is 4.15. The van der Waals surface area contributed by atoms with Crippen LogP contribution in [0.15, 0.2) is 65.7 Å². The molecule has 0 unspecified atom stereocenters. The summed E-state index contributed by atoms with van der Waals surface area (Å²) in [4.78, 5) is 0.864. The number of nitrogens with one attached hydrogen (secondary N) is 2. The van der Waals surface area contributed by atoms with Crippen LogP contribution in [0.1, 0.15) is 11.1 Å². The van der Waals surface area contributed by atoms with Crippen molar-refractivity contribution in [2.75, 3.05) is 6.26 Å². The summed E-state index contributed by atoms with van der Waals surface area (Å²) < 4.78 is 11.4. The van der Waals surface area contributed by atoms with E-state index in [1.165, 1.54) is 11.1 Å². The minimum absolute atomic E-state index is 0.791. The van der Waals surface area contributed by atoms with Crippen molar-refractivity contribution in [3.8, 4) is 11.3 Å². The van der Waals surface area contributed by atoms with Gasteiger partial charge in [-0.25, -0.2) is 0 Å². The number of aromatic amines is 1. The van der Waals surface area contributed by atoms with E-state index < -0.39 is 10.8 Å². The molecule has 1 aromatic heterocycles. The number of rotatable bonds is 6. The van der Waals surface area contributed by atoms with Gasteiger partial charge in [-0.2, -0.15) is 5.10 Å². The highest BCUT2D eigenvalue weighted by Gasteiger charge is 2.00. The van der Waals surface area contributed by atoms with Crippen LogP contribution in [0.25, 0.3) is 11.3 Å². The van der Waals surface area contributed by atoms with Crippen molar-refractivity contribution in [2.45, 2.75) is 18.0 Å². The monoisotopic (exact) mass is 325 g/mol. The van der Waals surface area contributed by atoms with Crippen molar-refractivity contribution in [1.29, 1.82) is 0 Å². The van der Waals surface area contributed by atoms with Gasteiger partial charge < -0.3 is 5.32 Å². The van der Waals surface area contributed by atoms with Crippen LogP contribution < -0.4 is 5.32 Å². The lowest BCUT2D eigenvalue weighted by molar-refractivity contribution is 0.685. The summed E-state index contributed by atoms with van der Waals surface area (Å²) in [5, 5.41) is 10.4. The fourth-order valence-electron chi connectivity index (χ4n) is 2.37. The molecule has 2 aromatic carbocycles. The Morgan fingerprint density at radius 1 is 0.957 bits per heavy atom. The Labute approximate surface area is 138 Å². The Morgan fingerprint density at radius 3 is 2.09 bits per heavy atom. The van der Waals surface area contributed by atoms with Crippen LogP contribution in [-0.4, -0.2) is 20.7 Å². The molecule has 0 aliphatic heterocycles. The fraction of sp³-hybridized carbons (Fsp3) is 0.167. The van der Waals surface area contributed by atoms with Crippen LogP contribution in [0.5, 0.6) is 0 Å². The molecule has 1 atom stereocenters. The second-order valence-electron chi connectivity index (χ2n) is 5.37. The van der Waals surface area contributed by atoms with Crippen LogP contribution in [0.3, 0.4) is 0 Å². The molecule has 0 radical (unpaired) electrons. The molecule has 5 heteroatoms. The minimum atomic E-state index is -0.915. The summed E-state index contributed by atoms with van der Waals surface area (Å²) in [7, 11) is -0.915. The van der Waals surface area contributed by atoms with Gasteiger partial charge in [0.1, 0.15) is 0 Å². The first-order valence-electron chi connectivity index (χ1n) is 7.44. The SMILES string of the molecule is C[S@@](=O)c1ccc(CNCc2ccc(-c3ccn[nH]3)cc2)cc1. The van der Waals surface area contributed by atoms with Gasteiger partial charge in [0.25, 0.3) is 0 Å². The molecule has 0 aliphatic rings. The first-order chi connectivity index (χ1) is 11.2. The van der Waals surface area contributed by atoms with Gasteiger partial charge in [0.05, 0.1) is 5.69 Å². The highest BCUT2D eigenvalue weighted by Crippen LogP contribution is 2.16. The van der Waals surface area contributed by atoms with E-state index in [1.54, 1.807) is 12.5 Å². The highest BCUT2D eigenvalue weighted by atomic mass is 32.2. The molecule has 2 N–H and O–H groups in total. The van der Waals surface area contributed by atoms with E-state index in [9.17, 15) is 4.21 Å². The standard InChI is InChI=1S/C18H19N3OS/c1-23(22)17-8-4-15(5-9-17)13-19-12-14-2-6-16(7-3-14)18-10-11-20-21-18/h2-11,19H,12-13H2,1H3,(H,20,21)/t23-/m1/s1. The zero-order valence-electron chi connectivity index (χ0n) is 13.0. The summed E-state index contributed by atoms with van der Waals surface area (Å²) in [6.07, 6.45) is 3.45. The second kappa shape index (κ2) is 7.35. The number of nitrogens with zero attached hydrogens (tertiary/aromatic N) is 1. The molecule has 0 saturated carbocycles. The predicted octanol–water partition coefficient (Wildman–Crippen LogP) is 3.10. The summed E-state index contributed by atoms with van der Waals surface area (Å²) in [6.45, 7) is 1.60. The lowest BCUT2D eigenvalue weighted by Gasteiger charge is -2.07. The van der Waals surface area contributed by atoms with Gasteiger partial charge >= 0.3 is 0 Å². The smallest absolute Gasteiger partial charge is 0.0650 e. The predicted molar refractivity (Wildman–Crippen MR) is 93.3 cm³/mol. The van der Waals surface area contributed by atoms with Crippen molar-refractivity contribution in [3.63, 3.8) is 0 Å². The maximum absolute atomic E-state index is 11.4. The van der Waals surface area contributed by atoms with E-state index in [1.807, 2.05) is 30.3 Å². The molecule has 0 bridgehead atoms. The van der Waals surface area contributed by atoms with Crippen LogP contribution in [0, 0.1) is 0 Å². The third-order valence-corrected chi connectivity index (χ3v) is 4.62. The molecule has 118 valence electrons. The van der Waals surface area contributed by atoms with Crippen LogP contribution in [0.4, 0.5) is 0 Å². The van der Waals surface area contributed by atoms with Crippen LogP contribution >= 0.6 is 0 Å². The molecule has 23 heavy (non-hydrogen) atoms. The Morgan fingerprint density at radius 2 is 1.57 bits per heavy atom. The van der Waals surface area contributed by atoms with E-state index in [0.717, 1.165) is 29.2 Å². The lowest BCUT2D eigenvalue weighted by Crippen LogP contribution is -2.12. The van der Waals surface area contributed by atoms with Gasteiger partial charge in [0, 0.05) is 41.2 Å². The van der Waals surface area contributed by atoms with Crippen LogP contribution in [-0.2, 0) is 23.9 Å². The Hall–Kier alpha value is -2.24. The topological polar surface area (TPSA) is 57.8 Å². The van der Waals surface area contributed by atoms with E-state index in [4.69, 9.17) is 0 Å². The maximum atomic E-state index is 11.4. The quantitative estimate of drug-likeness (QED) is 0.732. The van der Waals surface area contributed by atoms with Crippen molar-refractivity contribution in [2.24, 2.45) is 0 Å². The molecule has 3 aromatic rings. The first-order valence-corrected chi connectivity index (χ1v) is 9.00. The van der Waals surface area contributed by atoms with Gasteiger partial charge in [-0.05, 0) is 34.9 Å². The summed E-state index contributed by atoms with van der Waals surface area (Å²) >= 11 is 0. The van der Waals surface area contributed by atoms with E-state index >= 15 is 0 Å². The third-order valence-electron chi connectivity index (χ3n) is 3.68. The largest absolute Gasteiger partial charge is 0.309 e. The molecule has 0 spiro atoms. The summed E-state index contributed by atoms with van der Waals surface area (Å²) in [5.41, 5.74) is 4.58. The normalized spacial score (nSPS) is 12.2. The zero-order chi connectivity index (χ0) is 16.1. The number of hydrogen-bond donors (Lipinski definition) is 2. The van der Waals surface area contributed by atoms with Gasteiger partial charge in [0.2, 0.25) is 0 Å². The highest BCUT2D eigenvalue weighted by molar-refractivity contribution is 7.84. The number of aromatic nitrogens is 2. The lowest BCUT2D eigenvalue weighted by atomic mass is 10.1. The minimum Gasteiger partial charge on any atom is -0.309 e. The molecule has 4 nitrogen and oxygen atoms in total. The summed E-state index contributed by atoms with van der Waals surface area (Å²) in [5.74, 6) is 0. The number of hydrogen-bond acceptors (Lipinski definition) is 3. The van der Waals surface area contributed by atoms with E-state index in [0.29, 0.717) is 0 Å². The molecule has 0 saturated heterocycles. The van der Waals surface area contributed by atoms with Crippen molar-refractivity contribution < 1.29 is 4.21 Å². The molecule has 0 aliphatic carbocycles. The second-order valence-corrected chi connectivity index (χ2v) is 6.75. The zero-order valence-corrected chi connectivity index (χ0v) is 13.8. The molecule has 0 fully saturated rings. The Balaban J connectivity index is 1.53. The van der Waals surface area contributed by atoms with Crippen molar-refractivity contribution in [3.05, 3.63) is 71.9 Å². The average molecular weight is 325 g/mol. The molecule has 0 amide bonds. The van der Waals surface area contributed by atoms with Crippen LogP contribution in [0.2, 0.25) is 0 Å². The van der Waals surface area contributed by atoms with Gasteiger partial charge in [-0.15, -0.1) is 0 Å². The maximum Gasteiger partial charge on any atom is 0.0650 e. The number of benzene rings is 2. The molecular formula is C18H19N3OS. The average Bonchev–Trinajstić information content (AvgIpc) is 3.10. The fourth-order valence-corrected chi connectivity index (χ4v) is 2.89. The summed E-state index contributed by atoms with van der Waals surface area (Å²) in [6, 6.07) is 18.3.